The van der Waals surface area contributed by atoms with Crippen molar-refractivity contribution < 1.29 is 4.79 Å². The summed E-state index contributed by atoms with van der Waals surface area (Å²) in [7, 11) is 0. The van der Waals surface area contributed by atoms with Gasteiger partial charge >= 0.3 is 0 Å². The Hall–Kier alpha value is -1.51. The van der Waals surface area contributed by atoms with E-state index in [2.05, 4.69) is 31.3 Å². The molecule has 3 nitrogen and oxygen atoms in total. The topological polar surface area (TPSA) is 32.3 Å². The fourth-order valence-electron chi connectivity index (χ4n) is 3.52. The Morgan fingerprint density at radius 1 is 1.25 bits per heavy atom. The average molecular weight is 272 g/mol. The molecule has 1 saturated heterocycles. The molecule has 1 aliphatic heterocycles. The number of nitrogens with one attached hydrogen (secondary N) is 1. The molecule has 3 heteroatoms. The molecule has 20 heavy (non-hydrogen) atoms. The number of carbonyl (C=O) groups excluding carboxylic acids is 1. The van der Waals surface area contributed by atoms with Crippen LogP contribution < -0.4 is 10.2 Å². The number of nitrogens with zero attached hydrogens (tertiary/aromatic N) is 1. The van der Waals surface area contributed by atoms with Crippen LogP contribution in [-0.4, -0.2) is 18.5 Å². The molecule has 1 aliphatic carbocycles. The number of carbonyl (C=O) groups is 1. The Labute approximate surface area is 121 Å². The molecule has 2 fully saturated rings. The van der Waals surface area contributed by atoms with Crippen LogP contribution in [-0.2, 0) is 4.79 Å². The molecule has 3 rings (SSSR count). The number of para-hydroxylation sites is 2. The first kappa shape index (κ1) is 13.5. The van der Waals surface area contributed by atoms with Crippen molar-refractivity contribution in [3.63, 3.8) is 0 Å². The van der Waals surface area contributed by atoms with Gasteiger partial charge in [0.25, 0.3) is 0 Å². The van der Waals surface area contributed by atoms with Crippen LogP contribution in [0.1, 0.15) is 46.0 Å². The zero-order valence-corrected chi connectivity index (χ0v) is 12.5. The quantitative estimate of drug-likeness (QED) is 0.907. The molecule has 0 radical (unpaired) electrons. The second kappa shape index (κ2) is 5.12. The molecule has 108 valence electrons. The highest BCUT2D eigenvalue weighted by atomic mass is 16.2. The maximum absolute atomic E-state index is 12.0. The Balaban J connectivity index is 1.85. The van der Waals surface area contributed by atoms with Crippen LogP contribution in [0.5, 0.6) is 0 Å². The van der Waals surface area contributed by atoms with E-state index in [1.165, 1.54) is 19.3 Å². The predicted octanol–water partition coefficient (Wildman–Crippen LogP) is 3.80. The lowest BCUT2D eigenvalue weighted by Crippen LogP contribution is -2.32. The number of hydrogen-bond donors (Lipinski definition) is 1. The van der Waals surface area contributed by atoms with Crippen LogP contribution in [0.4, 0.5) is 11.4 Å². The van der Waals surface area contributed by atoms with Crippen LogP contribution >= 0.6 is 0 Å². The van der Waals surface area contributed by atoms with Gasteiger partial charge in [-0.05, 0) is 36.8 Å². The molecule has 1 N–H and O–H groups in total. The number of hydrogen-bond acceptors (Lipinski definition) is 2. The largest absolute Gasteiger partial charge is 0.380 e. The predicted molar refractivity (Wildman–Crippen MR) is 83.1 cm³/mol. The third-order valence-corrected chi connectivity index (χ3v) is 4.86. The van der Waals surface area contributed by atoms with Crippen molar-refractivity contribution >= 4 is 17.3 Å². The Bertz CT molecular complexity index is 509. The van der Waals surface area contributed by atoms with Crippen LogP contribution in [0.25, 0.3) is 0 Å². The first-order valence-corrected chi connectivity index (χ1v) is 7.74. The van der Waals surface area contributed by atoms with Gasteiger partial charge < -0.3 is 10.2 Å². The number of amides is 1. The molecular weight excluding hydrogens is 248 g/mol. The van der Waals surface area contributed by atoms with Crippen molar-refractivity contribution in [3.8, 4) is 0 Å². The van der Waals surface area contributed by atoms with Gasteiger partial charge in [-0.2, -0.15) is 0 Å². The summed E-state index contributed by atoms with van der Waals surface area (Å²) < 4.78 is 0. The summed E-state index contributed by atoms with van der Waals surface area (Å²) in [6.45, 7) is 5.52. The van der Waals surface area contributed by atoms with Crippen LogP contribution in [0.15, 0.2) is 24.3 Å². The van der Waals surface area contributed by atoms with Gasteiger partial charge in [0.1, 0.15) is 0 Å². The zero-order valence-electron chi connectivity index (χ0n) is 12.5. The summed E-state index contributed by atoms with van der Waals surface area (Å²) in [5, 5.41) is 3.70. The van der Waals surface area contributed by atoms with Crippen molar-refractivity contribution in [2.24, 2.45) is 5.41 Å². The second-order valence-electron chi connectivity index (χ2n) is 6.74. The summed E-state index contributed by atoms with van der Waals surface area (Å²) in [6, 6.07) is 8.74. The van der Waals surface area contributed by atoms with Gasteiger partial charge in [0, 0.05) is 19.0 Å². The van der Waals surface area contributed by atoms with Crippen molar-refractivity contribution in [2.75, 3.05) is 16.8 Å². The minimum Gasteiger partial charge on any atom is -0.380 e. The Morgan fingerprint density at radius 3 is 2.70 bits per heavy atom. The summed E-state index contributed by atoms with van der Waals surface area (Å²) in [6.07, 6.45) is 5.44. The molecule has 1 aromatic carbocycles. The molecule has 1 unspecified atom stereocenters. The van der Waals surface area contributed by atoms with Gasteiger partial charge in [-0.1, -0.05) is 32.4 Å². The molecule has 0 spiro atoms. The van der Waals surface area contributed by atoms with Gasteiger partial charge in [0.05, 0.1) is 11.4 Å². The lowest BCUT2D eigenvalue weighted by Gasteiger charge is -2.30. The van der Waals surface area contributed by atoms with Gasteiger partial charge in [0.15, 0.2) is 0 Å². The fourth-order valence-corrected chi connectivity index (χ4v) is 3.52. The van der Waals surface area contributed by atoms with Gasteiger partial charge in [-0.25, -0.2) is 0 Å². The standard InChI is InChI=1S/C17H24N2O/c1-17(2)11-5-9-15(17)18-13-7-3-4-8-14(13)19-12-6-10-16(19)20/h3-4,7-8,15,18H,5-6,9-12H2,1-2H3. The highest BCUT2D eigenvalue weighted by Gasteiger charge is 2.35. The average Bonchev–Trinajstić information content (AvgIpc) is 2.97. The number of anilines is 2. The molecule has 0 bridgehead atoms. The summed E-state index contributed by atoms with van der Waals surface area (Å²) in [5.41, 5.74) is 2.50. The highest BCUT2D eigenvalue weighted by Crippen LogP contribution is 2.40. The van der Waals surface area contributed by atoms with E-state index in [0.29, 0.717) is 17.9 Å². The Morgan fingerprint density at radius 2 is 2.05 bits per heavy atom. The van der Waals surface area contributed by atoms with Gasteiger partial charge in [0.2, 0.25) is 5.91 Å². The fraction of sp³-hybridized carbons (Fsp3) is 0.588. The van der Waals surface area contributed by atoms with Crippen molar-refractivity contribution in [1.82, 2.24) is 0 Å². The van der Waals surface area contributed by atoms with Crippen molar-refractivity contribution in [1.29, 1.82) is 0 Å². The molecule has 1 heterocycles. The minimum atomic E-state index is 0.255. The summed E-state index contributed by atoms with van der Waals surface area (Å²) in [5.74, 6) is 0.255. The first-order valence-electron chi connectivity index (χ1n) is 7.74. The SMILES string of the molecule is CC1(C)CCCC1Nc1ccccc1N1CCCC1=O. The van der Waals surface area contributed by atoms with E-state index in [9.17, 15) is 4.79 Å². The monoisotopic (exact) mass is 272 g/mol. The van der Waals surface area contributed by atoms with Crippen LogP contribution in [0.2, 0.25) is 0 Å². The van der Waals surface area contributed by atoms with E-state index < -0.39 is 0 Å². The zero-order chi connectivity index (χ0) is 14.2. The van der Waals surface area contributed by atoms with E-state index in [0.717, 1.165) is 24.3 Å². The molecule has 1 saturated carbocycles. The first-order chi connectivity index (χ1) is 9.58. The maximum Gasteiger partial charge on any atom is 0.227 e. The number of rotatable bonds is 3. The van der Waals surface area contributed by atoms with Gasteiger partial charge in [-0.15, -0.1) is 0 Å². The number of benzene rings is 1. The third kappa shape index (κ3) is 2.41. The molecule has 2 aliphatic rings. The van der Waals surface area contributed by atoms with E-state index in [1.54, 1.807) is 0 Å². The molecule has 1 aromatic rings. The van der Waals surface area contributed by atoms with Gasteiger partial charge in [-0.3, -0.25) is 4.79 Å². The molecular formula is C17H24N2O. The minimum absolute atomic E-state index is 0.255. The van der Waals surface area contributed by atoms with Crippen LogP contribution in [0.3, 0.4) is 0 Å². The van der Waals surface area contributed by atoms with E-state index in [4.69, 9.17) is 0 Å². The lowest BCUT2D eigenvalue weighted by atomic mass is 9.87. The smallest absolute Gasteiger partial charge is 0.227 e. The van der Waals surface area contributed by atoms with Crippen molar-refractivity contribution in [2.45, 2.75) is 52.0 Å². The maximum atomic E-state index is 12.0. The van der Waals surface area contributed by atoms with E-state index >= 15 is 0 Å². The third-order valence-electron chi connectivity index (χ3n) is 4.86. The van der Waals surface area contributed by atoms with Crippen molar-refractivity contribution in [3.05, 3.63) is 24.3 Å². The molecule has 1 atom stereocenters. The Kier molecular flexibility index (Phi) is 3.45. The summed E-state index contributed by atoms with van der Waals surface area (Å²) in [4.78, 5) is 13.9. The lowest BCUT2D eigenvalue weighted by molar-refractivity contribution is -0.117. The molecule has 0 aromatic heterocycles. The highest BCUT2D eigenvalue weighted by molar-refractivity contribution is 5.98. The second-order valence-corrected chi connectivity index (χ2v) is 6.74. The normalized spacial score (nSPS) is 25.2. The molecule has 1 amide bonds. The van der Waals surface area contributed by atoms with E-state index in [-0.39, 0.29) is 5.91 Å². The van der Waals surface area contributed by atoms with Crippen LogP contribution in [0, 0.1) is 5.41 Å². The summed E-state index contributed by atoms with van der Waals surface area (Å²) >= 11 is 0. The van der Waals surface area contributed by atoms with E-state index in [1.807, 2.05) is 17.0 Å².